The highest BCUT2D eigenvalue weighted by Crippen LogP contribution is 2.54. The molecule has 6 nitrogen and oxygen atoms in total. The summed E-state index contributed by atoms with van der Waals surface area (Å²) >= 11 is 1.36. The summed E-state index contributed by atoms with van der Waals surface area (Å²) < 4.78 is 57.5. The lowest BCUT2D eigenvalue weighted by Gasteiger charge is -2.38. The highest BCUT2D eigenvalue weighted by molar-refractivity contribution is 7.18. The number of halogens is 3. The van der Waals surface area contributed by atoms with Crippen LogP contribution in [-0.4, -0.2) is 45.8 Å². The summed E-state index contributed by atoms with van der Waals surface area (Å²) in [6.07, 6.45) is -6.62. The summed E-state index contributed by atoms with van der Waals surface area (Å²) in [5.74, 6) is -1.68. The molecule has 0 saturated carbocycles. The Hall–Kier alpha value is -2.04. The Kier molecular flexibility index (Phi) is 8.24. The van der Waals surface area contributed by atoms with Crippen molar-refractivity contribution in [1.82, 2.24) is 4.98 Å². The van der Waals surface area contributed by atoms with Crippen molar-refractivity contribution in [2.24, 2.45) is 23.2 Å². The van der Waals surface area contributed by atoms with E-state index in [2.05, 4.69) is 11.9 Å². The molecule has 2 aromatic rings. The van der Waals surface area contributed by atoms with Gasteiger partial charge in [-0.2, -0.15) is 13.2 Å². The van der Waals surface area contributed by atoms with E-state index < -0.39 is 59.7 Å². The topological polar surface area (TPSA) is 89.0 Å². The van der Waals surface area contributed by atoms with Crippen molar-refractivity contribution in [3.63, 3.8) is 0 Å². The number of aliphatic hydroxyl groups is 1. The quantitative estimate of drug-likeness (QED) is 0.291. The summed E-state index contributed by atoms with van der Waals surface area (Å²) in [6, 6.07) is 4.21. The Labute approximate surface area is 237 Å². The lowest BCUT2D eigenvalue weighted by molar-refractivity contribution is -0.280. The third-order valence-corrected chi connectivity index (χ3v) is 10.4. The SMILES string of the molecule is Cc1nc2cc(C3(C(F)(F)F)CC4OC4(C)CCCC(C)C(C)C(C)C(=O)C(C)(C)C(O)CC(=O)O3)ccc2s1. The average Bonchev–Trinajstić information content (AvgIpc) is 3.32. The van der Waals surface area contributed by atoms with Gasteiger partial charge in [-0.3, -0.25) is 9.59 Å². The monoisotopic (exact) mass is 583 g/mol. The van der Waals surface area contributed by atoms with Crippen LogP contribution in [-0.2, 0) is 24.7 Å². The van der Waals surface area contributed by atoms with Crippen molar-refractivity contribution >= 4 is 33.3 Å². The highest BCUT2D eigenvalue weighted by Gasteiger charge is 2.66. The number of benzene rings is 1. The summed E-state index contributed by atoms with van der Waals surface area (Å²) in [5, 5.41) is 11.7. The number of alkyl halides is 3. The molecule has 40 heavy (non-hydrogen) atoms. The third-order valence-electron chi connectivity index (χ3n) is 9.48. The molecule has 1 N–H and O–H groups in total. The zero-order valence-electron chi connectivity index (χ0n) is 24.2. The van der Waals surface area contributed by atoms with Gasteiger partial charge in [0.05, 0.1) is 44.9 Å². The predicted octanol–water partition coefficient (Wildman–Crippen LogP) is 6.89. The molecule has 1 aromatic carbocycles. The van der Waals surface area contributed by atoms with Crippen LogP contribution in [0.4, 0.5) is 13.2 Å². The van der Waals surface area contributed by atoms with E-state index in [0.29, 0.717) is 23.4 Å². The molecular formula is C30H40F3NO5S. The predicted molar refractivity (Wildman–Crippen MR) is 147 cm³/mol. The molecule has 7 atom stereocenters. The fourth-order valence-corrected chi connectivity index (χ4v) is 6.86. The second kappa shape index (κ2) is 10.7. The lowest BCUT2D eigenvalue weighted by Crippen LogP contribution is -2.49. The molecule has 2 saturated heterocycles. The van der Waals surface area contributed by atoms with Crippen LogP contribution in [0.15, 0.2) is 18.2 Å². The molecule has 10 heteroatoms. The largest absolute Gasteiger partial charge is 0.444 e. The average molecular weight is 584 g/mol. The van der Waals surface area contributed by atoms with Crippen molar-refractivity contribution in [3.8, 4) is 0 Å². The zero-order chi connectivity index (χ0) is 29.8. The maximum absolute atomic E-state index is 15.2. The number of fused-ring (bicyclic) bond motifs is 2. The molecule has 2 fully saturated rings. The van der Waals surface area contributed by atoms with Crippen LogP contribution in [0.5, 0.6) is 0 Å². The molecule has 4 rings (SSSR count). The van der Waals surface area contributed by atoms with Crippen LogP contribution >= 0.6 is 11.3 Å². The Bertz CT molecular complexity index is 1280. The van der Waals surface area contributed by atoms with Crippen molar-refractivity contribution in [1.29, 1.82) is 0 Å². The molecule has 222 valence electrons. The van der Waals surface area contributed by atoms with Gasteiger partial charge in [0.1, 0.15) is 5.78 Å². The molecule has 0 radical (unpaired) electrons. The second-order valence-corrected chi connectivity index (χ2v) is 13.9. The van der Waals surface area contributed by atoms with E-state index in [0.717, 1.165) is 11.1 Å². The first-order valence-electron chi connectivity index (χ1n) is 14.0. The number of thiazole rings is 1. The van der Waals surface area contributed by atoms with Gasteiger partial charge in [0.2, 0.25) is 5.60 Å². The molecule has 1 aromatic heterocycles. The maximum atomic E-state index is 15.2. The fourth-order valence-electron chi connectivity index (χ4n) is 6.05. The number of ketones is 1. The number of esters is 1. The van der Waals surface area contributed by atoms with Gasteiger partial charge in [0.25, 0.3) is 0 Å². The number of rotatable bonds is 1. The molecular weight excluding hydrogens is 543 g/mol. The second-order valence-electron chi connectivity index (χ2n) is 12.7. The normalized spacial score (nSPS) is 36.2. The number of hydrogen-bond donors (Lipinski definition) is 1. The third kappa shape index (κ3) is 5.68. The summed E-state index contributed by atoms with van der Waals surface area (Å²) in [4.78, 5) is 31.0. The van der Waals surface area contributed by atoms with Crippen LogP contribution in [0.3, 0.4) is 0 Å². The van der Waals surface area contributed by atoms with E-state index in [1.165, 1.54) is 37.3 Å². The number of Topliss-reactive ketones (excluding diaryl/α,β-unsaturated/α-hetero) is 1. The Morgan fingerprint density at radius 1 is 1.12 bits per heavy atom. The zero-order valence-corrected chi connectivity index (χ0v) is 25.0. The number of carbonyl (C=O) groups excluding carboxylic acids is 2. The van der Waals surface area contributed by atoms with Gasteiger partial charge in [-0.05, 0) is 44.2 Å². The molecule has 2 aliphatic heterocycles. The van der Waals surface area contributed by atoms with Crippen LogP contribution < -0.4 is 0 Å². The van der Waals surface area contributed by atoms with E-state index >= 15 is 13.2 Å². The van der Waals surface area contributed by atoms with Gasteiger partial charge < -0.3 is 14.6 Å². The fraction of sp³-hybridized carbons (Fsp3) is 0.700. The van der Waals surface area contributed by atoms with E-state index in [1.807, 2.05) is 13.8 Å². The van der Waals surface area contributed by atoms with Gasteiger partial charge in [0.15, 0.2) is 0 Å². The molecule has 0 amide bonds. The van der Waals surface area contributed by atoms with Crippen LogP contribution in [0.2, 0.25) is 0 Å². The first-order valence-corrected chi connectivity index (χ1v) is 14.8. The van der Waals surface area contributed by atoms with Crippen LogP contribution in [0.25, 0.3) is 10.2 Å². The number of carbonyl (C=O) groups is 2. The Morgan fingerprint density at radius 3 is 2.45 bits per heavy atom. The molecule has 2 aliphatic rings. The van der Waals surface area contributed by atoms with Crippen molar-refractivity contribution in [3.05, 3.63) is 28.8 Å². The first-order chi connectivity index (χ1) is 18.4. The highest BCUT2D eigenvalue weighted by atomic mass is 32.1. The van der Waals surface area contributed by atoms with Gasteiger partial charge in [-0.1, -0.05) is 53.5 Å². The summed E-state index contributed by atoms with van der Waals surface area (Å²) in [5.41, 5.74) is -5.02. The molecule has 0 bridgehead atoms. The minimum Gasteiger partial charge on any atom is -0.444 e. The summed E-state index contributed by atoms with van der Waals surface area (Å²) in [6.45, 7) is 12.5. The van der Waals surface area contributed by atoms with Gasteiger partial charge in [-0.15, -0.1) is 11.3 Å². The summed E-state index contributed by atoms with van der Waals surface area (Å²) in [7, 11) is 0. The van der Waals surface area contributed by atoms with Crippen molar-refractivity contribution < 1.29 is 37.3 Å². The van der Waals surface area contributed by atoms with E-state index in [4.69, 9.17) is 9.47 Å². The van der Waals surface area contributed by atoms with Gasteiger partial charge in [0, 0.05) is 17.9 Å². The minimum absolute atomic E-state index is 0.0182. The van der Waals surface area contributed by atoms with E-state index in [-0.39, 0.29) is 23.2 Å². The smallest absolute Gasteiger partial charge is 0.432 e. The maximum Gasteiger partial charge on any atom is 0.432 e. The number of ether oxygens (including phenoxy) is 2. The number of hydrogen-bond acceptors (Lipinski definition) is 7. The standard InChI is InChI=1S/C30H40F3NO5S/c1-16-9-8-12-28(7)24(38-28)15-29(30(31,32)33,20-10-11-22-21(13-20)34-19(4)40-22)39-25(36)14-23(35)27(5,6)26(37)18(3)17(16)2/h10-11,13,16-18,23-24,35H,8-9,12,14-15H2,1-7H3. The number of aryl methyl sites for hydroxylation is 1. The van der Waals surface area contributed by atoms with Crippen molar-refractivity contribution in [2.75, 3.05) is 0 Å². The number of nitrogens with zero attached hydrogens (tertiary/aromatic N) is 1. The van der Waals surface area contributed by atoms with Crippen molar-refractivity contribution in [2.45, 2.75) is 110 Å². The number of aliphatic hydroxyl groups excluding tert-OH is 1. The Balaban J connectivity index is 1.78. The molecule has 0 aliphatic carbocycles. The van der Waals surface area contributed by atoms with Crippen LogP contribution in [0, 0.1) is 30.1 Å². The van der Waals surface area contributed by atoms with E-state index in [9.17, 15) is 14.7 Å². The van der Waals surface area contributed by atoms with E-state index in [1.54, 1.807) is 19.9 Å². The van der Waals surface area contributed by atoms with Gasteiger partial charge >= 0.3 is 12.1 Å². The first kappa shape index (κ1) is 30.9. The number of epoxide rings is 1. The minimum atomic E-state index is -4.99. The molecule has 7 unspecified atom stereocenters. The molecule has 0 spiro atoms. The van der Waals surface area contributed by atoms with Crippen LogP contribution in [0.1, 0.15) is 84.2 Å². The molecule has 3 heterocycles. The van der Waals surface area contributed by atoms with Gasteiger partial charge in [-0.25, -0.2) is 4.98 Å². The Morgan fingerprint density at radius 2 is 1.80 bits per heavy atom. The lowest BCUT2D eigenvalue weighted by atomic mass is 9.70. The number of aromatic nitrogens is 1. The number of cyclic esters (lactones) is 1.